The molecule has 2 amide bonds. The van der Waals surface area contributed by atoms with Gasteiger partial charge in [0.15, 0.2) is 0 Å². The number of nitrogens with two attached hydrogens (primary N) is 1. The van der Waals surface area contributed by atoms with Crippen LogP contribution in [-0.4, -0.2) is 61.1 Å². The summed E-state index contributed by atoms with van der Waals surface area (Å²) in [6, 6.07) is 3.49. The van der Waals surface area contributed by atoms with Gasteiger partial charge in [0.05, 0.1) is 19.1 Å². The highest BCUT2D eigenvalue weighted by Crippen LogP contribution is 2.26. The van der Waals surface area contributed by atoms with Crippen LogP contribution in [0.3, 0.4) is 0 Å². The van der Waals surface area contributed by atoms with Crippen LogP contribution in [0.2, 0.25) is 0 Å². The Morgan fingerprint density at radius 2 is 2.00 bits per heavy atom. The Balaban J connectivity index is 1.59. The number of nitrogens with zero attached hydrogens (tertiary/aromatic N) is 3. The van der Waals surface area contributed by atoms with Crippen molar-refractivity contribution in [3.63, 3.8) is 0 Å². The molecule has 0 bridgehead atoms. The molecule has 0 aromatic carbocycles. The molecule has 0 radical (unpaired) electrons. The predicted octanol–water partition coefficient (Wildman–Crippen LogP) is -0.524. The summed E-state index contributed by atoms with van der Waals surface area (Å²) in [5, 5.41) is 0. The highest BCUT2D eigenvalue weighted by atomic mass is 16.5. The van der Waals surface area contributed by atoms with Crippen LogP contribution in [0, 0.1) is 5.92 Å². The lowest BCUT2D eigenvalue weighted by Gasteiger charge is -2.42. The molecule has 0 saturated carbocycles. The van der Waals surface area contributed by atoms with E-state index in [1.807, 2.05) is 11.0 Å². The minimum absolute atomic E-state index is 0.0216. The maximum absolute atomic E-state index is 12.3. The maximum Gasteiger partial charge on any atom is 0.267 e. The lowest BCUT2D eigenvalue weighted by molar-refractivity contribution is -0.140. The van der Waals surface area contributed by atoms with Crippen LogP contribution in [0.4, 0.5) is 5.69 Å². The van der Waals surface area contributed by atoms with E-state index in [9.17, 15) is 9.59 Å². The van der Waals surface area contributed by atoms with Gasteiger partial charge in [-0.2, -0.15) is 0 Å². The van der Waals surface area contributed by atoms with Crippen LogP contribution in [0.5, 0.6) is 0 Å². The third-order valence-electron chi connectivity index (χ3n) is 3.91. The van der Waals surface area contributed by atoms with Crippen LogP contribution >= 0.6 is 0 Å². The largest absolute Gasteiger partial charge is 0.378 e. The first-order valence-corrected chi connectivity index (χ1v) is 7.02. The first-order chi connectivity index (χ1) is 10.1. The van der Waals surface area contributed by atoms with Gasteiger partial charge < -0.3 is 20.3 Å². The second-order valence-corrected chi connectivity index (χ2v) is 5.30. The number of morpholine rings is 1. The molecule has 2 saturated heterocycles. The van der Waals surface area contributed by atoms with Crippen LogP contribution in [0.15, 0.2) is 18.3 Å². The normalized spacial score (nSPS) is 19.2. The number of rotatable bonds is 3. The number of hydrogen-bond donors (Lipinski definition) is 1. The quantitative estimate of drug-likeness (QED) is 0.809. The Kier molecular flexibility index (Phi) is 3.74. The summed E-state index contributed by atoms with van der Waals surface area (Å²) in [5.74, 6) is -0.328. The molecular weight excluding hydrogens is 272 g/mol. The van der Waals surface area contributed by atoms with Gasteiger partial charge in [-0.05, 0) is 12.1 Å². The molecule has 0 atom stereocenters. The summed E-state index contributed by atoms with van der Waals surface area (Å²) >= 11 is 0. The van der Waals surface area contributed by atoms with E-state index in [1.165, 1.54) is 0 Å². The zero-order valence-corrected chi connectivity index (χ0v) is 11.7. The van der Waals surface area contributed by atoms with E-state index in [2.05, 4.69) is 9.88 Å². The molecule has 0 spiro atoms. The summed E-state index contributed by atoms with van der Waals surface area (Å²) in [6.07, 6.45) is 1.56. The molecule has 3 rings (SSSR count). The van der Waals surface area contributed by atoms with Crippen molar-refractivity contribution in [2.45, 2.75) is 0 Å². The summed E-state index contributed by atoms with van der Waals surface area (Å²) in [6.45, 7) is 3.92. The number of hydrogen-bond acceptors (Lipinski definition) is 5. The molecule has 2 aliphatic heterocycles. The number of pyridine rings is 1. The fraction of sp³-hybridized carbons (Fsp3) is 0.500. The third kappa shape index (κ3) is 2.82. The molecule has 112 valence electrons. The van der Waals surface area contributed by atoms with E-state index >= 15 is 0 Å². The topological polar surface area (TPSA) is 88.8 Å². The van der Waals surface area contributed by atoms with Crippen LogP contribution < -0.4 is 10.6 Å². The molecule has 2 aliphatic rings. The van der Waals surface area contributed by atoms with Crippen molar-refractivity contribution >= 4 is 17.5 Å². The van der Waals surface area contributed by atoms with E-state index in [0.29, 0.717) is 39.4 Å². The van der Waals surface area contributed by atoms with Gasteiger partial charge in [-0.15, -0.1) is 0 Å². The summed E-state index contributed by atoms with van der Waals surface area (Å²) in [4.78, 5) is 31.3. The van der Waals surface area contributed by atoms with Crippen molar-refractivity contribution in [1.82, 2.24) is 9.88 Å². The molecule has 3 heterocycles. The average molecular weight is 290 g/mol. The van der Waals surface area contributed by atoms with Crippen molar-refractivity contribution < 1.29 is 14.3 Å². The van der Waals surface area contributed by atoms with Crippen molar-refractivity contribution in [3.05, 3.63) is 24.0 Å². The van der Waals surface area contributed by atoms with Gasteiger partial charge in [0.2, 0.25) is 5.91 Å². The number of carbonyl (C=O) groups is 2. The highest BCUT2D eigenvalue weighted by molar-refractivity contribution is 5.91. The predicted molar refractivity (Wildman–Crippen MR) is 75.9 cm³/mol. The zero-order valence-electron chi connectivity index (χ0n) is 11.7. The lowest BCUT2D eigenvalue weighted by atomic mass is 9.97. The molecule has 2 N–H and O–H groups in total. The summed E-state index contributed by atoms with van der Waals surface area (Å²) in [7, 11) is 0. The fourth-order valence-electron chi connectivity index (χ4n) is 2.64. The van der Waals surface area contributed by atoms with Gasteiger partial charge in [0, 0.05) is 38.1 Å². The Morgan fingerprint density at radius 1 is 1.29 bits per heavy atom. The molecule has 7 heteroatoms. The molecule has 0 unspecified atom stereocenters. The summed E-state index contributed by atoms with van der Waals surface area (Å²) in [5.41, 5.74) is 6.35. The molecule has 1 aromatic heterocycles. The first kappa shape index (κ1) is 13.8. The number of amides is 2. The number of anilines is 1. The minimum Gasteiger partial charge on any atom is -0.378 e. The van der Waals surface area contributed by atoms with Gasteiger partial charge in [-0.1, -0.05) is 0 Å². The van der Waals surface area contributed by atoms with Crippen LogP contribution in [0.1, 0.15) is 10.5 Å². The standard InChI is InChI=1S/C14H18N4O3/c15-13(19)12-7-11(1-2-16-12)18-8-10(9-18)14(20)17-3-5-21-6-4-17/h1-2,7,10H,3-6,8-9H2,(H2,15,19). The molecule has 21 heavy (non-hydrogen) atoms. The first-order valence-electron chi connectivity index (χ1n) is 7.02. The third-order valence-corrected chi connectivity index (χ3v) is 3.91. The fourth-order valence-corrected chi connectivity index (χ4v) is 2.64. The van der Waals surface area contributed by atoms with E-state index in [-0.39, 0.29) is 17.5 Å². The maximum atomic E-state index is 12.3. The molecule has 7 nitrogen and oxygen atoms in total. The Bertz CT molecular complexity index is 551. The molecular formula is C14H18N4O3. The summed E-state index contributed by atoms with van der Waals surface area (Å²) < 4.78 is 5.25. The Morgan fingerprint density at radius 3 is 2.67 bits per heavy atom. The monoisotopic (exact) mass is 290 g/mol. The number of aromatic nitrogens is 1. The number of primary amides is 1. The second-order valence-electron chi connectivity index (χ2n) is 5.30. The van der Waals surface area contributed by atoms with Crippen LogP contribution in [0.25, 0.3) is 0 Å². The molecule has 1 aromatic rings. The molecule has 0 aliphatic carbocycles. The van der Waals surface area contributed by atoms with Crippen molar-refractivity contribution in [2.75, 3.05) is 44.3 Å². The Labute approximate surface area is 122 Å². The molecule has 2 fully saturated rings. The Hall–Kier alpha value is -2.15. The van der Waals surface area contributed by atoms with Gasteiger partial charge >= 0.3 is 0 Å². The zero-order chi connectivity index (χ0) is 14.8. The van der Waals surface area contributed by atoms with Crippen molar-refractivity contribution in [1.29, 1.82) is 0 Å². The van der Waals surface area contributed by atoms with Gasteiger partial charge in [0.25, 0.3) is 5.91 Å². The SMILES string of the molecule is NC(=O)c1cc(N2CC(C(=O)N3CCOCC3)C2)ccn1. The second kappa shape index (κ2) is 5.69. The van der Waals surface area contributed by atoms with Gasteiger partial charge in [-0.3, -0.25) is 14.6 Å². The lowest BCUT2D eigenvalue weighted by Crippen LogP contribution is -2.56. The van der Waals surface area contributed by atoms with E-state index in [0.717, 1.165) is 5.69 Å². The van der Waals surface area contributed by atoms with Crippen molar-refractivity contribution in [2.24, 2.45) is 11.7 Å². The van der Waals surface area contributed by atoms with Crippen LogP contribution in [-0.2, 0) is 9.53 Å². The van der Waals surface area contributed by atoms with Gasteiger partial charge in [0.1, 0.15) is 5.69 Å². The van der Waals surface area contributed by atoms with Crippen molar-refractivity contribution in [3.8, 4) is 0 Å². The number of ether oxygens (including phenoxy) is 1. The smallest absolute Gasteiger partial charge is 0.267 e. The van der Waals surface area contributed by atoms with E-state index < -0.39 is 5.91 Å². The minimum atomic E-state index is -0.543. The highest BCUT2D eigenvalue weighted by Gasteiger charge is 2.36. The van der Waals surface area contributed by atoms with Gasteiger partial charge in [-0.25, -0.2) is 0 Å². The van der Waals surface area contributed by atoms with E-state index in [1.54, 1.807) is 12.3 Å². The van der Waals surface area contributed by atoms with E-state index in [4.69, 9.17) is 10.5 Å². The average Bonchev–Trinajstić information content (AvgIpc) is 2.47. The number of carbonyl (C=O) groups excluding carboxylic acids is 2.